The van der Waals surface area contributed by atoms with E-state index in [9.17, 15) is 0 Å². The van der Waals surface area contributed by atoms with E-state index < -0.39 is 0 Å². The van der Waals surface area contributed by atoms with Crippen molar-refractivity contribution in [1.82, 2.24) is 5.43 Å². The van der Waals surface area contributed by atoms with Crippen LogP contribution < -0.4 is 11.3 Å². The van der Waals surface area contributed by atoms with Gasteiger partial charge in [-0.15, -0.1) is 0 Å². The molecular formula is C17H18BrClN2. The monoisotopic (exact) mass is 364 g/mol. The summed E-state index contributed by atoms with van der Waals surface area (Å²) in [5.41, 5.74) is 6.56. The zero-order valence-electron chi connectivity index (χ0n) is 11.7. The van der Waals surface area contributed by atoms with Gasteiger partial charge in [-0.05, 0) is 53.6 Å². The molecule has 110 valence electrons. The summed E-state index contributed by atoms with van der Waals surface area (Å²) in [7, 11) is 0. The van der Waals surface area contributed by atoms with E-state index in [1.54, 1.807) is 0 Å². The number of hydrogen-bond acceptors (Lipinski definition) is 2. The van der Waals surface area contributed by atoms with Gasteiger partial charge in [0.1, 0.15) is 0 Å². The van der Waals surface area contributed by atoms with Gasteiger partial charge in [-0.3, -0.25) is 5.84 Å². The summed E-state index contributed by atoms with van der Waals surface area (Å²) in [5.74, 6) is 6.52. The fourth-order valence-corrected chi connectivity index (χ4v) is 3.75. The lowest BCUT2D eigenvalue weighted by atomic mass is 9.79. The molecule has 1 aliphatic rings. The second-order valence-corrected chi connectivity index (χ2v) is 6.95. The van der Waals surface area contributed by atoms with Gasteiger partial charge in [0.15, 0.2) is 0 Å². The molecule has 0 bridgehead atoms. The number of hydrogen-bond donors (Lipinski definition) is 2. The minimum absolute atomic E-state index is 0.0555. The van der Waals surface area contributed by atoms with Crippen LogP contribution in [0.2, 0.25) is 5.02 Å². The SMILES string of the molecule is NNC(c1cc(Cl)cc(Br)c1)c1cccc(C2CCC2)c1. The van der Waals surface area contributed by atoms with Crippen LogP contribution in [0.4, 0.5) is 0 Å². The predicted octanol–water partition coefficient (Wildman–Crippen LogP) is 4.92. The highest BCUT2D eigenvalue weighted by molar-refractivity contribution is 9.10. The van der Waals surface area contributed by atoms with Crippen LogP contribution in [0, 0.1) is 0 Å². The molecule has 1 fully saturated rings. The number of nitrogens with two attached hydrogens (primary N) is 1. The molecule has 0 heterocycles. The molecule has 0 amide bonds. The maximum absolute atomic E-state index is 6.15. The molecule has 1 unspecified atom stereocenters. The minimum atomic E-state index is -0.0555. The van der Waals surface area contributed by atoms with Gasteiger partial charge in [0, 0.05) is 9.50 Å². The highest BCUT2D eigenvalue weighted by atomic mass is 79.9. The summed E-state index contributed by atoms with van der Waals surface area (Å²) in [6, 6.07) is 14.5. The number of benzene rings is 2. The van der Waals surface area contributed by atoms with E-state index in [2.05, 4.69) is 45.6 Å². The van der Waals surface area contributed by atoms with Gasteiger partial charge in [0.2, 0.25) is 0 Å². The summed E-state index contributed by atoms with van der Waals surface area (Å²) < 4.78 is 0.959. The van der Waals surface area contributed by atoms with E-state index in [4.69, 9.17) is 17.4 Å². The highest BCUT2D eigenvalue weighted by Crippen LogP contribution is 2.37. The van der Waals surface area contributed by atoms with E-state index in [0.29, 0.717) is 5.02 Å². The third kappa shape index (κ3) is 3.32. The van der Waals surface area contributed by atoms with Crippen molar-refractivity contribution in [3.8, 4) is 0 Å². The van der Waals surface area contributed by atoms with Crippen LogP contribution >= 0.6 is 27.5 Å². The van der Waals surface area contributed by atoms with Crippen LogP contribution in [-0.4, -0.2) is 0 Å². The number of nitrogens with one attached hydrogen (secondary N) is 1. The van der Waals surface area contributed by atoms with Gasteiger partial charge in [-0.25, -0.2) is 5.43 Å². The summed E-state index contributed by atoms with van der Waals surface area (Å²) in [6.45, 7) is 0. The van der Waals surface area contributed by atoms with Crippen molar-refractivity contribution in [1.29, 1.82) is 0 Å². The highest BCUT2D eigenvalue weighted by Gasteiger charge is 2.21. The lowest BCUT2D eigenvalue weighted by Crippen LogP contribution is -2.29. The van der Waals surface area contributed by atoms with Gasteiger partial charge in [0.25, 0.3) is 0 Å². The van der Waals surface area contributed by atoms with E-state index >= 15 is 0 Å². The zero-order chi connectivity index (χ0) is 14.8. The molecule has 2 nitrogen and oxygen atoms in total. The normalized spacial score (nSPS) is 16.5. The first kappa shape index (κ1) is 15.0. The Morgan fingerprint density at radius 3 is 2.57 bits per heavy atom. The molecular weight excluding hydrogens is 348 g/mol. The van der Waals surface area contributed by atoms with Crippen molar-refractivity contribution >= 4 is 27.5 Å². The first-order valence-electron chi connectivity index (χ1n) is 7.19. The largest absolute Gasteiger partial charge is 0.271 e. The van der Waals surface area contributed by atoms with Crippen LogP contribution in [0.25, 0.3) is 0 Å². The average molecular weight is 366 g/mol. The first-order valence-corrected chi connectivity index (χ1v) is 8.36. The Kier molecular flexibility index (Phi) is 4.65. The average Bonchev–Trinajstić information content (AvgIpc) is 2.37. The molecule has 0 radical (unpaired) electrons. The topological polar surface area (TPSA) is 38.0 Å². The third-order valence-corrected chi connectivity index (χ3v) is 4.88. The maximum atomic E-state index is 6.15. The van der Waals surface area contributed by atoms with Crippen molar-refractivity contribution in [2.75, 3.05) is 0 Å². The molecule has 0 aromatic heterocycles. The Morgan fingerprint density at radius 1 is 1.14 bits per heavy atom. The maximum Gasteiger partial charge on any atom is 0.0711 e. The van der Waals surface area contributed by atoms with E-state index in [1.807, 2.05) is 18.2 Å². The number of hydrazine groups is 1. The van der Waals surface area contributed by atoms with Gasteiger partial charge >= 0.3 is 0 Å². The van der Waals surface area contributed by atoms with Crippen LogP contribution in [0.5, 0.6) is 0 Å². The van der Waals surface area contributed by atoms with Gasteiger partial charge < -0.3 is 0 Å². The Hall–Kier alpha value is -0.870. The predicted molar refractivity (Wildman–Crippen MR) is 91.4 cm³/mol. The smallest absolute Gasteiger partial charge is 0.0711 e. The Balaban J connectivity index is 1.95. The molecule has 0 aliphatic heterocycles. The molecule has 1 saturated carbocycles. The molecule has 2 aromatic carbocycles. The van der Waals surface area contributed by atoms with E-state index in [-0.39, 0.29) is 6.04 Å². The van der Waals surface area contributed by atoms with Crippen LogP contribution in [0.15, 0.2) is 46.9 Å². The van der Waals surface area contributed by atoms with Crippen molar-refractivity contribution in [3.63, 3.8) is 0 Å². The van der Waals surface area contributed by atoms with E-state index in [0.717, 1.165) is 16.0 Å². The number of halogens is 2. The zero-order valence-corrected chi connectivity index (χ0v) is 14.0. The van der Waals surface area contributed by atoms with Crippen LogP contribution in [0.1, 0.15) is 47.9 Å². The van der Waals surface area contributed by atoms with Crippen molar-refractivity contribution in [2.45, 2.75) is 31.2 Å². The Labute approximate surface area is 138 Å². The van der Waals surface area contributed by atoms with Gasteiger partial charge in [-0.1, -0.05) is 58.2 Å². The van der Waals surface area contributed by atoms with E-state index in [1.165, 1.54) is 30.4 Å². The Bertz CT molecular complexity index is 620. The molecule has 4 heteroatoms. The first-order chi connectivity index (χ1) is 10.2. The molecule has 1 atom stereocenters. The number of rotatable bonds is 4. The van der Waals surface area contributed by atoms with Crippen molar-refractivity contribution in [2.24, 2.45) is 5.84 Å². The lowest BCUT2D eigenvalue weighted by Gasteiger charge is -2.27. The summed E-state index contributed by atoms with van der Waals surface area (Å²) in [6.07, 6.45) is 3.94. The molecule has 21 heavy (non-hydrogen) atoms. The third-order valence-electron chi connectivity index (χ3n) is 4.21. The quantitative estimate of drug-likeness (QED) is 0.596. The second-order valence-electron chi connectivity index (χ2n) is 5.60. The summed E-state index contributed by atoms with van der Waals surface area (Å²) in [4.78, 5) is 0. The molecule has 0 saturated heterocycles. The van der Waals surface area contributed by atoms with Gasteiger partial charge in [-0.2, -0.15) is 0 Å². The lowest BCUT2D eigenvalue weighted by molar-refractivity contribution is 0.419. The molecule has 1 aliphatic carbocycles. The Morgan fingerprint density at radius 2 is 1.95 bits per heavy atom. The molecule has 2 aromatic rings. The minimum Gasteiger partial charge on any atom is -0.271 e. The van der Waals surface area contributed by atoms with Crippen LogP contribution in [-0.2, 0) is 0 Å². The fourth-order valence-electron chi connectivity index (χ4n) is 2.86. The molecule has 3 N–H and O–H groups in total. The fraction of sp³-hybridized carbons (Fsp3) is 0.294. The van der Waals surface area contributed by atoms with Crippen LogP contribution in [0.3, 0.4) is 0 Å². The standard InChI is InChI=1S/C17H18BrClN2/c18-15-8-14(9-16(19)10-15)17(21-20)13-6-2-5-12(7-13)11-3-1-4-11/h2,5-11,17,21H,1,3-4,20H2. The van der Waals surface area contributed by atoms with Crippen molar-refractivity contribution in [3.05, 3.63) is 68.7 Å². The summed E-state index contributed by atoms with van der Waals surface area (Å²) >= 11 is 9.64. The molecule has 0 spiro atoms. The summed E-state index contributed by atoms with van der Waals surface area (Å²) in [5, 5.41) is 0.703. The second kappa shape index (κ2) is 6.49. The molecule has 3 rings (SSSR count). The van der Waals surface area contributed by atoms with Crippen molar-refractivity contribution < 1.29 is 0 Å². The van der Waals surface area contributed by atoms with Gasteiger partial charge in [0.05, 0.1) is 6.04 Å².